The Morgan fingerprint density at radius 2 is 1.81 bits per heavy atom. The topological polar surface area (TPSA) is 88.1 Å². The minimum Gasteiger partial charge on any atom is -0.438 e. The van der Waals surface area contributed by atoms with Gasteiger partial charge in [-0.1, -0.05) is 18.2 Å². The molecular formula is C20H16N6O. The highest BCUT2D eigenvalue weighted by atomic mass is 16.5. The lowest BCUT2D eigenvalue weighted by atomic mass is 10.1. The van der Waals surface area contributed by atoms with E-state index < -0.39 is 0 Å². The summed E-state index contributed by atoms with van der Waals surface area (Å²) in [5.41, 5.74) is 3.47. The molecule has 0 atom stereocenters. The van der Waals surface area contributed by atoms with E-state index in [0.29, 0.717) is 23.0 Å². The summed E-state index contributed by atoms with van der Waals surface area (Å²) >= 11 is 0. The molecule has 0 spiro atoms. The molecule has 0 amide bonds. The van der Waals surface area contributed by atoms with E-state index in [2.05, 4.69) is 26.5 Å². The number of aromatic nitrogens is 4. The molecule has 4 aromatic rings. The summed E-state index contributed by atoms with van der Waals surface area (Å²) in [7, 11) is 0. The van der Waals surface area contributed by atoms with Crippen LogP contribution in [-0.4, -0.2) is 19.6 Å². The van der Waals surface area contributed by atoms with Crippen LogP contribution in [0.15, 0.2) is 54.9 Å². The van der Waals surface area contributed by atoms with Crippen molar-refractivity contribution < 1.29 is 4.74 Å². The number of aryl methyl sites for hydroxylation is 2. The molecule has 2 heterocycles. The van der Waals surface area contributed by atoms with Gasteiger partial charge in [0.25, 0.3) is 5.78 Å². The van der Waals surface area contributed by atoms with Crippen molar-refractivity contribution in [1.82, 2.24) is 19.6 Å². The quantitative estimate of drug-likeness (QED) is 0.591. The van der Waals surface area contributed by atoms with Gasteiger partial charge in [0.05, 0.1) is 11.6 Å². The van der Waals surface area contributed by atoms with Gasteiger partial charge in [0, 0.05) is 11.8 Å². The van der Waals surface area contributed by atoms with Gasteiger partial charge in [-0.15, -0.1) is 0 Å². The van der Waals surface area contributed by atoms with Gasteiger partial charge in [-0.2, -0.15) is 24.8 Å². The zero-order valence-corrected chi connectivity index (χ0v) is 14.8. The molecule has 0 saturated heterocycles. The number of anilines is 2. The molecule has 0 unspecified atom stereocenters. The normalized spacial score (nSPS) is 10.6. The van der Waals surface area contributed by atoms with Gasteiger partial charge in [-0.25, -0.2) is 0 Å². The lowest BCUT2D eigenvalue weighted by Gasteiger charge is -2.13. The molecule has 0 fully saturated rings. The van der Waals surface area contributed by atoms with Crippen LogP contribution >= 0.6 is 0 Å². The summed E-state index contributed by atoms with van der Waals surface area (Å²) in [4.78, 5) is 8.63. The first-order chi connectivity index (χ1) is 13.1. The van der Waals surface area contributed by atoms with Crippen molar-refractivity contribution >= 4 is 17.3 Å². The van der Waals surface area contributed by atoms with Crippen molar-refractivity contribution in [1.29, 1.82) is 5.26 Å². The molecule has 0 radical (unpaired) electrons. The Labute approximate surface area is 155 Å². The van der Waals surface area contributed by atoms with Crippen LogP contribution in [0.1, 0.15) is 16.7 Å². The third kappa shape index (κ3) is 3.28. The van der Waals surface area contributed by atoms with E-state index in [1.165, 1.54) is 6.33 Å². The average molecular weight is 356 g/mol. The van der Waals surface area contributed by atoms with Crippen LogP contribution < -0.4 is 10.1 Å². The fraction of sp³-hybridized carbons (Fsp3) is 0.100. The number of nitriles is 1. The summed E-state index contributed by atoms with van der Waals surface area (Å²) in [6.07, 6.45) is 1.44. The Balaban J connectivity index is 1.72. The van der Waals surface area contributed by atoms with E-state index in [4.69, 9.17) is 10.00 Å². The Kier molecular flexibility index (Phi) is 4.15. The molecular weight excluding hydrogens is 340 g/mol. The highest BCUT2D eigenvalue weighted by Crippen LogP contribution is 2.30. The van der Waals surface area contributed by atoms with Crippen LogP contribution in [0.2, 0.25) is 0 Å². The number of hydrogen-bond donors (Lipinski definition) is 1. The first-order valence-electron chi connectivity index (χ1n) is 8.36. The standard InChI is InChI=1S/C20H16N6O/c1-13-4-3-5-14(2)19(13)27-18-10-17(25-20-22-12-23-26(18)20)24-16-8-6-15(11-21)7-9-16/h3-10,12H,1-2H3,(H,22,23,24,25). The molecule has 0 bridgehead atoms. The molecule has 7 heteroatoms. The second-order valence-electron chi connectivity index (χ2n) is 6.09. The van der Waals surface area contributed by atoms with Crippen LogP contribution in [0.5, 0.6) is 11.6 Å². The predicted molar refractivity (Wildman–Crippen MR) is 101 cm³/mol. The lowest BCUT2D eigenvalue weighted by Crippen LogP contribution is -2.03. The van der Waals surface area contributed by atoms with Crippen LogP contribution in [0.4, 0.5) is 11.5 Å². The Hall–Kier alpha value is -3.92. The summed E-state index contributed by atoms with van der Waals surface area (Å²) in [5.74, 6) is 2.28. The number of rotatable bonds is 4. The number of nitrogens with zero attached hydrogens (tertiary/aromatic N) is 5. The smallest absolute Gasteiger partial charge is 0.257 e. The zero-order valence-electron chi connectivity index (χ0n) is 14.8. The van der Waals surface area contributed by atoms with Gasteiger partial charge in [0.15, 0.2) is 0 Å². The molecule has 0 aliphatic carbocycles. The fourth-order valence-electron chi connectivity index (χ4n) is 2.76. The van der Waals surface area contributed by atoms with Gasteiger partial charge in [-0.3, -0.25) is 0 Å². The molecule has 4 rings (SSSR count). The van der Waals surface area contributed by atoms with E-state index in [9.17, 15) is 0 Å². The number of ether oxygens (including phenoxy) is 1. The van der Waals surface area contributed by atoms with Crippen molar-refractivity contribution in [3.63, 3.8) is 0 Å². The number of hydrogen-bond acceptors (Lipinski definition) is 6. The molecule has 0 saturated carbocycles. The summed E-state index contributed by atoms with van der Waals surface area (Å²) in [5, 5.41) is 16.3. The minimum atomic E-state index is 0.426. The average Bonchev–Trinajstić information content (AvgIpc) is 3.14. The van der Waals surface area contributed by atoms with E-state index in [1.54, 1.807) is 22.7 Å². The summed E-state index contributed by atoms with van der Waals surface area (Å²) in [6, 6.07) is 17.0. The van der Waals surface area contributed by atoms with E-state index in [-0.39, 0.29) is 0 Å². The monoisotopic (exact) mass is 356 g/mol. The predicted octanol–water partition coefficient (Wildman–Crippen LogP) is 4.15. The number of fused-ring (bicyclic) bond motifs is 1. The van der Waals surface area contributed by atoms with E-state index in [1.807, 2.05) is 44.2 Å². The molecule has 132 valence electrons. The summed E-state index contributed by atoms with van der Waals surface area (Å²) in [6.45, 7) is 4.00. The lowest BCUT2D eigenvalue weighted by molar-refractivity contribution is 0.440. The largest absolute Gasteiger partial charge is 0.438 e. The second-order valence-corrected chi connectivity index (χ2v) is 6.09. The first kappa shape index (κ1) is 16.5. The van der Waals surface area contributed by atoms with E-state index >= 15 is 0 Å². The van der Waals surface area contributed by atoms with Gasteiger partial charge < -0.3 is 10.1 Å². The van der Waals surface area contributed by atoms with Crippen molar-refractivity contribution in [2.45, 2.75) is 13.8 Å². The number of para-hydroxylation sites is 1. The van der Waals surface area contributed by atoms with Crippen molar-refractivity contribution in [3.05, 3.63) is 71.5 Å². The molecule has 7 nitrogen and oxygen atoms in total. The zero-order chi connectivity index (χ0) is 18.8. The maximum Gasteiger partial charge on any atom is 0.257 e. The highest BCUT2D eigenvalue weighted by molar-refractivity contribution is 5.60. The van der Waals surface area contributed by atoms with Crippen LogP contribution in [0.25, 0.3) is 5.78 Å². The molecule has 0 aliphatic rings. The molecule has 2 aromatic heterocycles. The van der Waals surface area contributed by atoms with Crippen molar-refractivity contribution in [3.8, 4) is 17.7 Å². The van der Waals surface area contributed by atoms with Gasteiger partial charge in [0.2, 0.25) is 5.88 Å². The third-order valence-corrected chi connectivity index (χ3v) is 4.12. The van der Waals surface area contributed by atoms with Gasteiger partial charge in [0.1, 0.15) is 17.9 Å². The number of nitrogens with one attached hydrogen (secondary N) is 1. The van der Waals surface area contributed by atoms with Crippen LogP contribution in [0, 0.1) is 25.2 Å². The molecule has 2 aromatic carbocycles. The molecule has 27 heavy (non-hydrogen) atoms. The van der Waals surface area contributed by atoms with Crippen molar-refractivity contribution in [2.75, 3.05) is 5.32 Å². The summed E-state index contributed by atoms with van der Waals surface area (Å²) < 4.78 is 7.72. The minimum absolute atomic E-state index is 0.426. The van der Waals surface area contributed by atoms with Gasteiger partial charge >= 0.3 is 0 Å². The SMILES string of the molecule is Cc1cccc(C)c1Oc1cc(Nc2ccc(C#N)cc2)nc2ncnn12. The molecule has 1 N–H and O–H groups in total. The van der Waals surface area contributed by atoms with Crippen LogP contribution in [-0.2, 0) is 0 Å². The van der Waals surface area contributed by atoms with E-state index in [0.717, 1.165) is 22.6 Å². The Morgan fingerprint density at radius 1 is 1.07 bits per heavy atom. The Bertz CT molecular complexity index is 1140. The Morgan fingerprint density at radius 3 is 2.52 bits per heavy atom. The fourth-order valence-corrected chi connectivity index (χ4v) is 2.76. The molecule has 0 aliphatic heterocycles. The first-order valence-corrected chi connectivity index (χ1v) is 8.36. The highest BCUT2D eigenvalue weighted by Gasteiger charge is 2.12. The van der Waals surface area contributed by atoms with Crippen molar-refractivity contribution in [2.24, 2.45) is 0 Å². The second kappa shape index (κ2) is 6.77. The third-order valence-electron chi connectivity index (χ3n) is 4.12. The van der Waals surface area contributed by atoms with Gasteiger partial charge in [-0.05, 0) is 49.2 Å². The maximum absolute atomic E-state index is 8.92. The van der Waals surface area contributed by atoms with Crippen LogP contribution in [0.3, 0.4) is 0 Å². The number of benzene rings is 2. The maximum atomic E-state index is 8.92.